The minimum atomic E-state index is -0.251. The van der Waals surface area contributed by atoms with Crippen LogP contribution in [0.1, 0.15) is 11.1 Å². The number of nitrogens with zero attached hydrogens (tertiary/aromatic N) is 1. The number of hydrogen-bond acceptors (Lipinski definition) is 2. The number of rotatable bonds is 3. The minimum absolute atomic E-state index is 0.251. The Morgan fingerprint density at radius 1 is 0.793 bits per heavy atom. The van der Waals surface area contributed by atoms with E-state index in [-0.39, 0.29) is 11.6 Å². The maximum atomic E-state index is 13.4. The number of nitrogens with one attached hydrogen (secondary N) is 1. The molecule has 0 aliphatic heterocycles. The molecule has 0 fully saturated rings. The molecule has 0 spiro atoms. The molecule has 0 aliphatic rings. The lowest BCUT2D eigenvalue weighted by Gasteiger charge is -2.02. The standard InChI is InChI=1S/C25H17FN2O/c26-20-3-1-2-16(12-20)4-5-17-13-23-22-14-19(18-6-9-21(29)10-7-18)8-11-24(22)28-25(23)27-15-17/h1-15,29H,(H,27,28). The van der Waals surface area contributed by atoms with Gasteiger partial charge in [0.2, 0.25) is 0 Å². The van der Waals surface area contributed by atoms with E-state index in [0.717, 1.165) is 44.2 Å². The number of aromatic nitrogens is 2. The summed E-state index contributed by atoms with van der Waals surface area (Å²) in [5, 5.41) is 11.6. The van der Waals surface area contributed by atoms with Gasteiger partial charge in [0.1, 0.15) is 17.2 Å². The Morgan fingerprint density at radius 2 is 1.59 bits per heavy atom. The van der Waals surface area contributed by atoms with Gasteiger partial charge in [0, 0.05) is 22.5 Å². The van der Waals surface area contributed by atoms with Crippen molar-refractivity contribution < 1.29 is 9.50 Å². The van der Waals surface area contributed by atoms with E-state index in [2.05, 4.69) is 28.2 Å². The molecule has 0 aliphatic carbocycles. The van der Waals surface area contributed by atoms with E-state index < -0.39 is 0 Å². The monoisotopic (exact) mass is 380 g/mol. The predicted molar refractivity (Wildman–Crippen MR) is 116 cm³/mol. The van der Waals surface area contributed by atoms with Crippen LogP contribution in [0.15, 0.2) is 79.0 Å². The number of pyridine rings is 1. The average molecular weight is 380 g/mol. The van der Waals surface area contributed by atoms with Crippen molar-refractivity contribution in [2.75, 3.05) is 0 Å². The molecule has 2 aromatic heterocycles. The molecule has 0 unspecified atom stereocenters. The summed E-state index contributed by atoms with van der Waals surface area (Å²) in [6.45, 7) is 0. The van der Waals surface area contributed by atoms with Crippen molar-refractivity contribution in [1.29, 1.82) is 0 Å². The Balaban J connectivity index is 1.57. The summed E-state index contributed by atoms with van der Waals surface area (Å²) in [6.07, 6.45) is 5.61. The molecule has 3 nitrogen and oxygen atoms in total. The van der Waals surface area contributed by atoms with Gasteiger partial charge >= 0.3 is 0 Å². The molecule has 2 N–H and O–H groups in total. The summed E-state index contributed by atoms with van der Waals surface area (Å²) < 4.78 is 13.4. The average Bonchev–Trinajstić information content (AvgIpc) is 3.10. The summed E-state index contributed by atoms with van der Waals surface area (Å²) in [7, 11) is 0. The van der Waals surface area contributed by atoms with Gasteiger partial charge in [-0.25, -0.2) is 9.37 Å². The largest absolute Gasteiger partial charge is 0.508 e. The van der Waals surface area contributed by atoms with Gasteiger partial charge < -0.3 is 10.1 Å². The van der Waals surface area contributed by atoms with Crippen LogP contribution in [0.2, 0.25) is 0 Å². The van der Waals surface area contributed by atoms with Gasteiger partial charge in [0.15, 0.2) is 0 Å². The summed E-state index contributed by atoms with van der Waals surface area (Å²) in [4.78, 5) is 7.90. The fourth-order valence-corrected chi connectivity index (χ4v) is 3.52. The van der Waals surface area contributed by atoms with Gasteiger partial charge in [0.25, 0.3) is 0 Å². The van der Waals surface area contributed by atoms with E-state index in [4.69, 9.17) is 0 Å². The van der Waals surface area contributed by atoms with Crippen LogP contribution < -0.4 is 0 Å². The molecule has 0 amide bonds. The number of benzene rings is 3. The third-order valence-corrected chi connectivity index (χ3v) is 4.99. The number of H-pyrrole nitrogens is 1. The third-order valence-electron chi connectivity index (χ3n) is 4.99. The smallest absolute Gasteiger partial charge is 0.138 e. The van der Waals surface area contributed by atoms with Gasteiger partial charge in [-0.15, -0.1) is 0 Å². The van der Waals surface area contributed by atoms with Crippen molar-refractivity contribution in [2.24, 2.45) is 0 Å². The molecule has 0 radical (unpaired) electrons. The zero-order valence-electron chi connectivity index (χ0n) is 15.4. The normalized spacial score (nSPS) is 11.6. The van der Waals surface area contributed by atoms with Crippen molar-refractivity contribution in [2.45, 2.75) is 0 Å². The Kier molecular flexibility index (Phi) is 4.10. The predicted octanol–water partition coefficient (Wildman–Crippen LogP) is 6.40. The number of halogens is 1. The summed E-state index contributed by atoms with van der Waals surface area (Å²) in [5.74, 6) is -0.0000329. The van der Waals surface area contributed by atoms with Crippen LogP contribution in [-0.4, -0.2) is 15.1 Å². The third kappa shape index (κ3) is 3.36. The lowest BCUT2D eigenvalue weighted by atomic mass is 10.0. The molecular weight excluding hydrogens is 363 g/mol. The van der Waals surface area contributed by atoms with Gasteiger partial charge in [-0.05, 0) is 64.7 Å². The van der Waals surface area contributed by atoms with E-state index in [1.165, 1.54) is 12.1 Å². The second-order valence-electron chi connectivity index (χ2n) is 6.99. The second kappa shape index (κ2) is 6.91. The van der Waals surface area contributed by atoms with Crippen LogP contribution >= 0.6 is 0 Å². The van der Waals surface area contributed by atoms with E-state index in [9.17, 15) is 9.50 Å². The van der Waals surface area contributed by atoms with Gasteiger partial charge in [0.05, 0.1) is 0 Å². The lowest BCUT2D eigenvalue weighted by molar-refractivity contribution is 0.475. The first-order chi connectivity index (χ1) is 14.2. The molecule has 140 valence electrons. The van der Waals surface area contributed by atoms with Crippen molar-refractivity contribution in [3.8, 4) is 16.9 Å². The van der Waals surface area contributed by atoms with Crippen LogP contribution in [0.25, 0.3) is 45.2 Å². The quantitative estimate of drug-likeness (QED) is 0.380. The molecule has 4 heteroatoms. The van der Waals surface area contributed by atoms with E-state index in [0.29, 0.717) is 0 Å². The first kappa shape index (κ1) is 17.2. The number of hydrogen-bond donors (Lipinski definition) is 2. The maximum absolute atomic E-state index is 13.4. The Bertz CT molecular complexity index is 1370. The van der Waals surface area contributed by atoms with E-state index >= 15 is 0 Å². The highest BCUT2D eigenvalue weighted by Crippen LogP contribution is 2.30. The molecule has 0 atom stereocenters. The second-order valence-corrected chi connectivity index (χ2v) is 6.99. The van der Waals surface area contributed by atoms with Crippen LogP contribution in [0.5, 0.6) is 5.75 Å². The number of phenols is 1. The number of aromatic hydroxyl groups is 1. The molecule has 5 aromatic rings. The first-order valence-electron chi connectivity index (χ1n) is 9.30. The van der Waals surface area contributed by atoms with Gasteiger partial charge in [-0.2, -0.15) is 0 Å². The van der Waals surface area contributed by atoms with Crippen LogP contribution in [0.3, 0.4) is 0 Å². The number of fused-ring (bicyclic) bond motifs is 3. The highest BCUT2D eigenvalue weighted by Gasteiger charge is 2.08. The Labute approximate surface area is 166 Å². The lowest BCUT2D eigenvalue weighted by Crippen LogP contribution is -1.80. The highest BCUT2D eigenvalue weighted by molar-refractivity contribution is 6.07. The van der Waals surface area contributed by atoms with Gasteiger partial charge in [-0.3, -0.25) is 0 Å². The van der Waals surface area contributed by atoms with Crippen molar-refractivity contribution in [3.63, 3.8) is 0 Å². The van der Waals surface area contributed by atoms with Crippen LogP contribution in [0.4, 0.5) is 4.39 Å². The maximum Gasteiger partial charge on any atom is 0.138 e. The minimum Gasteiger partial charge on any atom is -0.508 e. The zero-order valence-corrected chi connectivity index (χ0v) is 15.4. The van der Waals surface area contributed by atoms with Crippen molar-refractivity contribution in [1.82, 2.24) is 9.97 Å². The molecule has 0 saturated carbocycles. The molecule has 5 rings (SSSR count). The van der Waals surface area contributed by atoms with Crippen LogP contribution in [0, 0.1) is 5.82 Å². The fourth-order valence-electron chi connectivity index (χ4n) is 3.52. The molecule has 0 bridgehead atoms. The topological polar surface area (TPSA) is 48.9 Å². The molecule has 0 saturated heterocycles. The van der Waals surface area contributed by atoms with E-state index in [1.807, 2.05) is 36.4 Å². The van der Waals surface area contributed by atoms with E-state index in [1.54, 1.807) is 24.4 Å². The number of phenolic OH excluding ortho intramolecular Hbond substituents is 1. The molecule has 29 heavy (non-hydrogen) atoms. The fraction of sp³-hybridized carbons (Fsp3) is 0. The Morgan fingerprint density at radius 3 is 2.41 bits per heavy atom. The number of aromatic amines is 1. The summed E-state index contributed by atoms with van der Waals surface area (Å²) >= 11 is 0. The summed E-state index contributed by atoms with van der Waals surface area (Å²) in [6, 6.07) is 22.0. The summed E-state index contributed by atoms with van der Waals surface area (Å²) in [5.41, 5.74) is 5.69. The molecular formula is C25H17FN2O. The first-order valence-corrected chi connectivity index (χ1v) is 9.30. The zero-order chi connectivity index (χ0) is 19.8. The van der Waals surface area contributed by atoms with Gasteiger partial charge in [-0.1, -0.05) is 42.5 Å². The van der Waals surface area contributed by atoms with Crippen LogP contribution in [-0.2, 0) is 0 Å². The van der Waals surface area contributed by atoms with Crippen molar-refractivity contribution >= 4 is 34.1 Å². The Hall–Kier alpha value is -3.92. The highest BCUT2D eigenvalue weighted by atomic mass is 19.1. The SMILES string of the molecule is Oc1ccc(-c2ccc3[nH]c4ncc(C=Cc5cccc(F)c5)cc4c3c2)cc1. The molecule has 3 aromatic carbocycles. The van der Waals surface area contributed by atoms with Crippen molar-refractivity contribution in [3.05, 3.63) is 95.9 Å². The molecule has 2 heterocycles.